The quantitative estimate of drug-likeness (QED) is 0.280. The summed E-state index contributed by atoms with van der Waals surface area (Å²) >= 11 is 5.56. The van der Waals surface area contributed by atoms with Crippen molar-refractivity contribution < 1.29 is 17.6 Å². The Kier molecular flexibility index (Phi) is 4.55. The summed E-state index contributed by atoms with van der Waals surface area (Å²) in [5.41, 5.74) is 8.16. The summed E-state index contributed by atoms with van der Waals surface area (Å²) in [5, 5.41) is 3.25. The van der Waals surface area contributed by atoms with Gasteiger partial charge < -0.3 is 0 Å². The van der Waals surface area contributed by atoms with Gasteiger partial charge in [0.05, 0.1) is 6.04 Å². The van der Waals surface area contributed by atoms with E-state index >= 15 is 0 Å². The maximum absolute atomic E-state index is 13.6. The molecule has 1 saturated heterocycles. The van der Waals surface area contributed by atoms with Crippen LogP contribution in [0.5, 0.6) is 0 Å². The van der Waals surface area contributed by atoms with E-state index < -0.39 is 31.0 Å². The Bertz CT molecular complexity index is 543. The lowest BCUT2D eigenvalue weighted by atomic mass is 10.1. The number of hydrogen-bond donors (Lipinski definition) is 0. The van der Waals surface area contributed by atoms with Gasteiger partial charge in [0, 0.05) is 24.2 Å². The second-order valence-corrected chi connectivity index (χ2v) is 4.99. The molecule has 0 aromatic carbocycles. The SMILES string of the molecule is [N-]=[N+]=N[C@@H]1CN(C(c2ccc(Cl)nc2)C(F)(F)F)CC1F. The van der Waals surface area contributed by atoms with Gasteiger partial charge >= 0.3 is 6.18 Å². The second kappa shape index (κ2) is 6.05. The average molecular weight is 324 g/mol. The topological polar surface area (TPSA) is 64.9 Å². The number of pyridine rings is 1. The summed E-state index contributed by atoms with van der Waals surface area (Å²) in [4.78, 5) is 6.98. The first-order valence-corrected chi connectivity index (χ1v) is 6.31. The number of rotatable bonds is 3. The number of nitrogens with zero attached hydrogens (tertiary/aromatic N) is 5. The summed E-state index contributed by atoms with van der Waals surface area (Å²) < 4.78 is 53.5. The predicted octanol–water partition coefficient (Wildman–Crippen LogP) is 3.67. The maximum atomic E-state index is 13.6. The molecule has 1 aliphatic heterocycles. The predicted molar refractivity (Wildman–Crippen MR) is 67.4 cm³/mol. The van der Waals surface area contributed by atoms with Crippen molar-refractivity contribution in [2.45, 2.75) is 24.4 Å². The second-order valence-electron chi connectivity index (χ2n) is 4.60. The summed E-state index contributed by atoms with van der Waals surface area (Å²) in [6.45, 7) is -0.769. The standard InChI is InChI=1S/C11H10ClF4N5/c12-9-2-1-6(3-18-9)10(11(14,15)16)21-4-7(13)8(5-21)19-20-17/h1-3,7-8,10H,4-5H2/t7?,8-,10?/m1/s1. The van der Waals surface area contributed by atoms with E-state index in [1.807, 2.05) is 0 Å². The molecule has 2 unspecified atom stereocenters. The van der Waals surface area contributed by atoms with E-state index in [2.05, 4.69) is 15.0 Å². The van der Waals surface area contributed by atoms with Crippen LogP contribution in [0.1, 0.15) is 11.6 Å². The van der Waals surface area contributed by atoms with Gasteiger partial charge in [-0.15, -0.1) is 0 Å². The van der Waals surface area contributed by atoms with E-state index in [-0.39, 0.29) is 17.3 Å². The summed E-state index contributed by atoms with van der Waals surface area (Å²) in [7, 11) is 0. The Morgan fingerprint density at radius 1 is 1.43 bits per heavy atom. The molecule has 0 radical (unpaired) electrons. The molecule has 0 aliphatic carbocycles. The molecule has 0 bridgehead atoms. The Morgan fingerprint density at radius 2 is 2.14 bits per heavy atom. The Balaban J connectivity index is 2.30. The van der Waals surface area contributed by atoms with E-state index in [9.17, 15) is 17.6 Å². The van der Waals surface area contributed by atoms with Crippen LogP contribution in [0.25, 0.3) is 10.4 Å². The molecule has 5 nitrogen and oxygen atoms in total. The van der Waals surface area contributed by atoms with Crippen molar-refractivity contribution in [3.05, 3.63) is 39.5 Å². The number of hydrogen-bond acceptors (Lipinski definition) is 3. The lowest BCUT2D eigenvalue weighted by Crippen LogP contribution is -2.37. The third kappa shape index (κ3) is 3.55. The van der Waals surface area contributed by atoms with E-state index in [1.165, 1.54) is 12.1 Å². The van der Waals surface area contributed by atoms with Gasteiger partial charge in [-0.1, -0.05) is 22.8 Å². The molecule has 10 heteroatoms. The van der Waals surface area contributed by atoms with E-state index in [0.717, 1.165) is 11.1 Å². The Morgan fingerprint density at radius 3 is 2.67 bits per heavy atom. The zero-order valence-electron chi connectivity index (χ0n) is 10.5. The van der Waals surface area contributed by atoms with Crippen LogP contribution in [0.2, 0.25) is 5.15 Å². The summed E-state index contributed by atoms with van der Waals surface area (Å²) in [5.74, 6) is 0. The molecule has 0 N–H and O–H groups in total. The fraction of sp³-hybridized carbons (Fsp3) is 0.545. The molecular formula is C11H10ClF4N5. The van der Waals surface area contributed by atoms with Gasteiger partial charge in [-0.3, -0.25) is 4.90 Å². The van der Waals surface area contributed by atoms with Gasteiger partial charge in [0.1, 0.15) is 17.4 Å². The number of likely N-dealkylation sites (tertiary alicyclic amines) is 1. The third-order valence-electron chi connectivity index (χ3n) is 3.19. The van der Waals surface area contributed by atoms with Crippen LogP contribution in [-0.2, 0) is 0 Å². The van der Waals surface area contributed by atoms with Crippen LogP contribution in [-0.4, -0.2) is 41.4 Å². The lowest BCUT2D eigenvalue weighted by Gasteiger charge is -2.29. The zero-order chi connectivity index (χ0) is 15.6. The minimum atomic E-state index is -4.61. The molecule has 1 aliphatic rings. The van der Waals surface area contributed by atoms with Crippen LogP contribution in [0.4, 0.5) is 17.6 Å². The van der Waals surface area contributed by atoms with E-state index in [1.54, 1.807) is 0 Å². The molecule has 3 atom stereocenters. The number of aromatic nitrogens is 1. The van der Waals surface area contributed by atoms with Gasteiger partial charge in [0.15, 0.2) is 0 Å². The first-order valence-electron chi connectivity index (χ1n) is 5.93. The Hall–Kier alpha value is -1.57. The first kappa shape index (κ1) is 15.8. The van der Waals surface area contributed by atoms with E-state index in [4.69, 9.17) is 17.1 Å². The highest BCUT2D eigenvalue weighted by atomic mass is 35.5. The molecule has 1 aromatic heterocycles. The Labute approximate surface area is 122 Å². The maximum Gasteiger partial charge on any atom is 0.408 e. The summed E-state index contributed by atoms with van der Waals surface area (Å²) in [6, 6.07) is -0.704. The molecule has 114 valence electrons. The van der Waals surface area contributed by atoms with Crippen molar-refractivity contribution in [1.82, 2.24) is 9.88 Å². The normalized spacial score (nSPS) is 24.6. The van der Waals surface area contributed by atoms with Crippen LogP contribution in [0.15, 0.2) is 23.4 Å². The molecule has 21 heavy (non-hydrogen) atoms. The number of halogens is 5. The minimum Gasteiger partial charge on any atom is -0.285 e. The van der Waals surface area contributed by atoms with Gasteiger partial charge in [-0.2, -0.15) is 13.2 Å². The van der Waals surface area contributed by atoms with Gasteiger partial charge in [0.25, 0.3) is 0 Å². The monoisotopic (exact) mass is 323 g/mol. The molecule has 1 aromatic rings. The number of alkyl halides is 4. The largest absolute Gasteiger partial charge is 0.408 e. The molecule has 1 fully saturated rings. The van der Waals surface area contributed by atoms with Crippen molar-refractivity contribution in [1.29, 1.82) is 0 Å². The minimum absolute atomic E-state index is 0.0661. The van der Waals surface area contributed by atoms with Gasteiger partial charge in [0.2, 0.25) is 0 Å². The first-order chi connectivity index (χ1) is 9.82. The van der Waals surface area contributed by atoms with Crippen molar-refractivity contribution in [2.75, 3.05) is 13.1 Å². The third-order valence-corrected chi connectivity index (χ3v) is 3.41. The highest BCUT2D eigenvalue weighted by Crippen LogP contribution is 2.40. The highest BCUT2D eigenvalue weighted by Gasteiger charge is 2.49. The molecule has 0 amide bonds. The van der Waals surface area contributed by atoms with Crippen LogP contribution in [0, 0.1) is 0 Å². The lowest BCUT2D eigenvalue weighted by molar-refractivity contribution is -0.184. The fourth-order valence-electron chi connectivity index (χ4n) is 2.32. The van der Waals surface area contributed by atoms with Gasteiger partial charge in [-0.05, 0) is 17.2 Å². The summed E-state index contributed by atoms with van der Waals surface area (Å²) in [6.07, 6.45) is -5.24. The van der Waals surface area contributed by atoms with Crippen LogP contribution in [0.3, 0.4) is 0 Å². The molecule has 2 rings (SSSR count). The smallest absolute Gasteiger partial charge is 0.285 e. The van der Waals surface area contributed by atoms with Crippen molar-refractivity contribution >= 4 is 11.6 Å². The van der Waals surface area contributed by atoms with E-state index in [0.29, 0.717) is 0 Å². The van der Waals surface area contributed by atoms with Gasteiger partial charge in [-0.25, -0.2) is 9.37 Å². The van der Waals surface area contributed by atoms with Crippen LogP contribution >= 0.6 is 11.6 Å². The fourth-order valence-corrected chi connectivity index (χ4v) is 2.43. The van der Waals surface area contributed by atoms with Crippen molar-refractivity contribution in [3.63, 3.8) is 0 Å². The molecule has 0 saturated carbocycles. The molecule has 0 spiro atoms. The van der Waals surface area contributed by atoms with Crippen molar-refractivity contribution in [3.8, 4) is 0 Å². The molecule has 2 heterocycles. The zero-order valence-corrected chi connectivity index (χ0v) is 11.3. The van der Waals surface area contributed by atoms with Crippen LogP contribution < -0.4 is 0 Å². The average Bonchev–Trinajstić information content (AvgIpc) is 2.72. The molecular weight excluding hydrogens is 314 g/mol. The van der Waals surface area contributed by atoms with Crippen molar-refractivity contribution in [2.24, 2.45) is 5.11 Å². The number of azide groups is 1. The highest BCUT2D eigenvalue weighted by molar-refractivity contribution is 6.29.